The Bertz CT molecular complexity index is 183. The van der Waals surface area contributed by atoms with Crippen molar-refractivity contribution in [2.24, 2.45) is 5.18 Å². The van der Waals surface area contributed by atoms with Gasteiger partial charge in [0, 0.05) is 13.1 Å². The van der Waals surface area contributed by atoms with E-state index in [0.717, 1.165) is 12.8 Å². The standard InChI is InChI=1S/C7H12N2O3/c10-5-7(11)9-3-1-2-6(4-9)8-12/h6,10H,1-5H2. The maximum atomic E-state index is 11.0. The molecule has 1 unspecified atom stereocenters. The van der Waals surface area contributed by atoms with Gasteiger partial charge in [-0.25, -0.2) is 0 Å². The summed E-state index contributed by atoms with van der Waals surface area (Å²) in [5.74, 6) is -0.316. The minimum atomic E-state index is -0.481. The third-order valence-corrected chi connectivity index (χ3v) is 2.03. The van der Waals surface area contributed by atoms with Crippen LogP contribution in [0.2, 0.25) is 0 Å². The van der Waals surface area contributed by atoms with Crippen molar-refractivity contribution in [2.45, 2.75) is 18.9 Å². The Kier molecular flexibility index (Phi) is 3.16. The Balaban J connectivity index is 2.45. The summed E-state index contributed by atoms with van der Waals surface area (Å²) < 4.78 is 0. The monoisotopic (exact) mass is 172 g/mol. The molecule has 1 heterocycles. The Morgan fingerprint density at radius 2 is 2.42 bits per heavy atom. The van der Waals surface area contributed by atoms with Crippen molar-refractivity contribution in [1.82, 2.24) is 4.90 Å². The van der Waals surface area contributed by atoms with Crippen LogP contribution in [0.15, 0.2) is 5.18 Å². The Morgan fingerprint density at radius 3 is 3.00 bits per heavy atom. The van der Waals surface area contributed by atoms with Gasteiger partial charge in [0.1, 0.15) is 12.6 Å². The van der Waals surface area contributed by atoms with Crippen molar-refractivity contribution >= 4 is 5.91 Å². The second kappa shape index (κ2) is 4.15. The van der Waals surface area contributed by atoms with Gasteiger partial charge in [-0.2, -0.15) is 4.91 Å². The fraction of sp³-hybridized carbons (Fsp3) is 0.857. The summed E-state index contributed by atoms with van der Waals surface area (Å²) in [5, 5.41) is 11.4. The average Bonchev–Trinajstić information content (AvgIpc) is 2.17. The highest BCUT2D eigenvalue weighted by Gasteiger charge is 2.23. The van der Waals surface area contributed by atoms with Gasteiger partial charge in [0.2, 0.25) is 5.91 Å². The van der Waals surface area contributed by atoms with Crippen LogP contribution in [0.3, 0.4) is 0 Å². The smallest absolute Gasteiger partial charge is 0.248 e. The second-order valence-corrected chi connectivity index (χ2v) is 2.90. The number of piperidine rings is 1. The molecule has 1 N–H and O–H groups in total. The predicted molar refractivity (Wildman–Crippen MR) is 42.5 cm³/mol. The van der Waals surface area contributed by atoms with Crippen molar-refractivity contribution in [3.05, 3.63) is 4.91 Å². The molecular weight excluding hydrogens is 160 g/mol. The molecule has 5 heteroatoms. The molecule has 0 spiro atoms. The molecule has 5 nitrogen and oxygen atoms in total. The number of carbonyl (C=O) groups is 1. The predicted octanol–water partition coefficient (Wildman–Crippen LogP) is -0.264. The van der Waals surface area contributed by atoms with E-state index >= 15 is 0 Å². The first-order chi connectivity index (χ1) is 5.77. The number of amides is 1. The van der Waals surface area contributed by atoms with Crippen LogP contribution in [0.1, 0.15) is 12.8 Å². The van der Waals surface area contributed by atoms with E-state index in [-0.39, 0.29) is 11.9 Å². The van der Waals surface area contributed by atoms with Crippen LogP contribution in [0, 0.1) is 4.91 Å². The van der Waals surface area contributed by atoms with E-state index in [0.29, 0.717) is 13.1 Å². The zero-order valence-corrected chi connectivity index (χ0v) is 6.77. The first-order valence-electron chi connectivity index (χ1n) is 3.99. The van der Waals surface area contributed by atoms with E-state index in [2.05, 4.69) is 5.18 Å². The molecule has 0 aromatic heterocycles. The van der Waals surface area contributed by atoms with E-state index in [9.17, 15) is 9.70 Å². The number of hydrogen-bond acceptors (Lipinski definition) is 4. The fourth-order valence-electron chi connectivity index (χ4n) is 1.37. The highest BCUT2D eigenvalue weighted by atomic mass is 16.3. The first kappa shape index (κ1) is 9.12. The quantitative estimate of drug-likeness (QED) is 0.583. The minimum Gasteiger partial charge on any atom is -0.387 e. The van der Waals surface area contributed by atoms with Gasteiger partial charge in [0.25, 0.3) is 0 Å². The third-order valence-electron chi connectivity index (χ3n) is 2.03. The fourth-order valence-corrected chi connectivity index (χ4v) is 1.37. The molecule has 0 aromatic carbocycles. The van der Waals surface area contributed by atoms with Gasteiger partial charge < -0.3 is 10.0 Å². The van der Waals surface area contributed by atoms with E-state index < -0.39 is 6.61 Å². The topological polar surface area (TPSA) is 70.0 Å². The molecule has 0 bridgehead atoms. The van der Waals surface area contributed by atoms with E-state index in [4.69, 9.17) is 5.11 Å². The molecule has 0 aromatic rings. The molecule has 1 amide bonds. The molecule has 68 valence electrons. The molecule has 1 fully saturated rings. The van der Waals surface area contributed by atoms with Crippen LogP contribution in [-0.4, -0.2) is 41.7 Å². The normalized spacial score (nSPS) is 23.8. The Hall–Kier alpha value is -0.970. The zero-order valence-electron chi connectivity index (χ0n) is 6.77. The zero-order chi connectivity index (χ0) is 8.97. The molecule has 0 saturated carbocycles. The van der Waals surface area contributed by atoms with Crippen molar-refractivity contribution in [1.29, 1.82) is 0 Å². The van der Waals surface area contributed by atoms with Gasteiger partial charge in [0.15, 0.2) is 0 Å². The number of rotatable bonds is 2. The Labute approximate surface area is 70.3 Å². The van der Waals surface area contributed by atoms with Crippen LogP contribution in [0.4, 0.5) is 0 Å². The average molecular weight is 172 g/mol. The van der Waals surface area contributed by atoms with Crippen molar-refractivity contribution in [2.75, 3.05) is 19.7 Å². The maximum Gasteiger partial charge on any atom is 0.248 e. The van der Waals surface area contributed by atoms with E-state index in [1.165, 1.54) is 4.90 Å². The summed E-state index contributed by atoms with van der Waals surface area (Å²) in [6, 6.07) is -0.283. The molecule has 1 saturated heterocycles. The van der Waals surface area contributed by atoms with Crippen molar-refractivity contribution < 1.29 is 9.90 Å². The molecular formula is C7H12N2O3. The maximum absolute atomic E-state index is 11.0. The number of carbonyl (C=O) groups excluding carboxylic acids is 1. The number of likely N-dealkylation sites (tertiary alicyclic amines) is 1. The molecule has 0 aliphatic carbocycles. The lowest BCUT2D eigenvalue weighted by Gasteiger charge is -2.28. The summed E-state index contributed by atoms with van der Waals surface area (Å²) in [5.41, 5.74) is 0. The highest BCUT2D eigenvalue weighted by Crippen LogP contribution is 2.12. The number of aliphatic hydroxyl groups excluding tert-OH is 1. The van der Waals surface area contributed by atoms with Gasteiger partial charge in [-0.05, 0) is 12.8 Å². The highest BCUT2D eigenvalue weighted by molar-refractivity contribution is 5.77. The summed E-state index contributed by atoms with van der Waals surface area (Å²) in [7, 11) is 0. The lowest BCUT2D eigenvalue weighted by atomic mass is 10.1. The molecule has 12 heavy (non-hydrogen) atoms. The lowest BCUT2D eigenvalue weighted by Crippen LogP contribution is -2.42. The molecule has 0 radical (unpaired) electrons. The summed E-state index contributed by atoms with van der Waals surface area (Å²) >= 11 is 0. The number of nitrogens with zero attached hydrogens (tertiary/aromatic N) is 2. The lowest BCUT2D eigenvalue weighted by molar-refractivity contribution is -0.135. The van der Waals surface area contributed by atoms with Crippen LogP contribution in [0.25, 0.3) is 0 Å². The molecule has 1 aliphatic rings. The molecule has 1 rings (SSSR count). The first-order valence-corrected chi connectivity index (χ1v) is 3.99. The van der Waals surface area contributed by atoms with Gasteiger partial charge in [0.05, 0.1) is 0 Å². The van der Waals surface area contributed by atoms with Crippen LogP contribution < -0.4 is 0 Å². The van der Waals surface area contributed by atoms with E-state index in [1.54, 1.807) is 0 Å². The molecule has 1 aliphatic heterocycles. The van der Waals surface area contributed by atoms with Gasteiger partial charge in [-0.3, -0.25) is 4.79 Å². The second-order valence-electron chi connectivity index (χ2n) is 2.90. The van der Waals surface area contributed by atoms with Crippen LogP contribution in [-0.2, 0) is 4.79 Å². The largest absolute Gasteiger partial charge is 0.387 e. The van der Waals surface area contributed by atoms with Crippen LogP contribution >= 0.6 is 0 Å². The van der Waals surface area contributed by atoms with Gasteiger partial charge in [-0.1, -0.05) is 5.18 Å². The van der Waals surface area contributed by atoms with Crippen molar-refractivity contribution in [3.8, 4) is 0 Å². The SMILES string of the molecule is O=NC1CCCN(C(=O)CO)C1. The number of hydrogen-bond donors (Lipinski definition) is 1. The minimum absolute atomic E-state index is 0.283. The summed E-state index contributed by atoms with van der Waals surface area (Å²) in [4.78, 5) is 22.6. The van der Waals surface area contributed by atoms with Gasteiger partial charge in [-0.15, -0.1) is 0 Å². The van der Waals surface area contributed by atoms with Gasteiger partial charge >= 0.3 is 0 Å². The van der Waals surface area contributed by atoms with Crippen molar-refractivity contribution in [3.63, 3.8) is 0 Å². The number of nitroso groups, excluding NO2 is 1. The van der Waals surface area contributed by atoms with E-state index in [1.807, 2.05) is 0 Å². The summed E-state index contributed by atoms with van der Waals surface area (Å²) in [6.45, 7) is 0.514. The number of aliphatic hydroxyl groups is 1. The summed E-state index contributed by atoms with van der Waals surface area (Å²) in [6.07, 6.45) is 1.54. The molecule has 1 atom stereocenters. The third kappa shape index (κ3) is 2.01. The Morgan fingerprint density at radius 1 is 1.67 bits per heavy atom. The van der Waals surface area contributed by atoms with Crippen LogP contribution in [0.5, 0.6) is 0 Å².